The highest BCUT2D eigenvalue weighted by molar-refractivity contribution is 6.19. The Bertz CT molecular complexity index is 3660. The molecule has 1 aliphatic carbocycles. The maximum Gasteiger partial charge on any atom is 0.195 e. The van der Waals surface area contributed by atoms with Crippen molar-refractivity contribution < 1.29 is 0 Å². The van der Waals surface area contributed by atoms with E-state index in [9.17, 15) is 0 Å². The van der Waals surface area contributed by atoms with Gasteiger partial charge in [0.25, 0.3) is 0 Å². The lowest BCUT2D eigenvalue weighted by Gasteiger charge is -2.13. The average molecular weight is 813 g/mol. The number of rotatable bonds is 7. The highest BCUT2D eigenvalue weighted by atomic mass is 15.0. The fraction of sp³-hybridized carbons (Fsp3) is 0. The molecule has 296 valence electrons. The third-order valence-electron chi connectivity index (χ3n) is 12.5. The Morgan fingerprint density at radius 1 is 0.281 bits per heavy atom. The molecule has 0 saturated carbocycles. The van der Waals surface area contributed by atoms with E-state index in [4.69, 9.17) is 21.5 Å². The minimum Gasteiger partial charge on any atom is -0.237 e. The summed E-state index contributed by atoms with van der Waals surface area (Å²) >= 11 is 0. The molecule has 0 aliphatic heterocycles. The van der Waals surface area contributed by atoms with Gasteiger partial charge in [-0.25, -0.2) is 19.8 Å². The summed E-state index contributed by atoms with van der Waals surface area (Å²) in [6.07, 6.45) is 0. The van der Waals surface area contributed by atoms with Gasteiger partial charge < -0.3 is 0 Å². The number of hydrogen-bond acceptors (Lipinski definition) is 3. The average Bonchev–Trinajstić information content (AvgIpc) is 3.72. The smallest absolute Gasteiger partial charge is 0.195 e. The molecule has 1 heterocycles. The fourth-order valence-electron chi connectivity index (χ4n) is 9.31. The monoisotopic (exact) mass is 812 g/mol. The second kappa shape index (κ2) is 15.3. The Balaban J connectivity index is 0.833. The molecule has 1 aliphatic rings. The van der Waals surface area contributed by atoms with E-state index in [-0.39, 0.29) is 0 Å². The van der Waals surface area contributed by atoms with Gasteiger partial charge in [0, 0.05) is 16.7 Å². The van der Waals surface area contributed by atoms with E-state index in [1.807, 2.05) is 48.5 Å². The quantitative estimate of drug-likeness (QED) is 0.151. The molecule has 4 heteroatoms. The SMILES string of the molecule is [C-]#[N+]c1cc(-c2ccc(-c3ccc4cccc5c4c3-c3ccccc3-5)cc2)ccc1-c1cccc(-c2ccc(-c3nc(-c4ccccc4)nc(-c4ccc5ccccc5c4)n3)cc2)c1. The van der Waals surface area contributed by atoms with Crippen LogP contribution in [0.2, 0.25) is 0 Å². The van der Waals surface area contributed by atoms with Crippen LogP contribution in [0.25, 0.3) is 127 Å². The summed E-state index contributed by atoms with van der Waals surface area (Å²) in [4.78, 5) is 18.9. The summed E-state index contributed by atoms with van der Waals surface area (Å²) < 4.78 is 0. The summed E-state index contributed by atoms with van der Waals surface area (Å²) in [7, 11) is 0. The molecule has 0 amide bonds. The Hall–Kier alpha value is -8.78. The molecule has 4 nitrogen and oxygen atoms in total. The first-order chi connectivity index (χ1) is 31.6. The zero-order valence-corrected chi connectivity index (χ0v) is 34.6. The molecule has 0 atom stereocenters. The van der Waals surface area contributed by atoms with Crippen LogP contribution < -0.4 is 0 Å². The van der Waals surface area contributed by atoms with E-state index in [1.54, 1.807) is 0 Å². The summed E-state index contributed by atoms with van der Waals surface area (Å²) in [5.41, 5.74) is 17.1. The normalized spacial score (nSPS) is 11.4. The molecule has 0 spiro atoms. The standard InChI is InChI=1S/C60H36N4/c1-61-55-37-47(40-21-26-41(27-22-40)51-34-31-42-15-10-20-53-52-18-7-8-19-54(52)57(51)56(42)53)32-33-50(55)48-17-9-16-46(35-48)39-23-28-44(29-24-39)59-62-58(43-12-3-2-4-13-43)63-60(64-59)49-30-25-38-11-5-6-14-45(38)36-49/h2-37H. The van der Waals surface area contributed by atoms with Gasteiger partial charge in [-0.15, -0.1) is 0 Å². The number of fused-ring (bicyclic) bond motifs is 4. The van der Waals surface area contributed by atoms with Crippen molar-refractivity contribution in [1.29, 1.82) is 0 Å². The first kappa shape index (κ1) is 37.0. The van der Waals surface area contributed by atoms with Crippen LogP contribution in [0.15, 0.2) is 218 Å². The molecule has 12 rings (SSSR count). The lowest BCUT2D eigenvalue weighted by atomic mass is 9.91. The molecule has 0 radical (unpaired) electrons. The van der Waals surface area contributed by atoms with Crippen molar-refractivity contribution in [3.05, 3.63) is 230 Å². The molecule has 1 aromatic heterocycles. The van der Waals surface area contributed by atoms with Crippen molar-refractivity contribution in [3.8, 4) is 101 Å². The van der Waals surface area contributed by atoms with Gasteiger partial charge in [0.2, 0.25) is 0 Å². The zero-order valence-electron chi connectivity index (χ0n) is 34.6. The van der Waals surface area contributed by atoms with Crippen molar-refractivity contribution in [2.75, 3.05) is 0 Å². The third-order valence-corrected chi connectivity index (χ3v) is 12.5. The van der Waals surface area contributed by atoms with Gasteiger partial charge in [-0.05, 0) is 107 Å². The van der Waals surface area contributed by atoms with Crippen molar-refractivity contribution in [3.63, 3.8) is 0 Å². The topological polar surface area (TPSA) is 43.0 Å². The van der Waals surface area contributed by atoms with E-state index in [0.29, 0.717) is 23.2 Å². The van der Waals surface area contributed by atoms with Gasteiger partial charge in [0.15, 0.2) is 23.2 Å². The number of benzene rings is 10. The van der Waals surface area contributed by atoms with Crippen LogP contribution >= 0.6 is 0 Å². The van der Waals surface area contributed by atoms with E-state index in [1.165, 1.54) is 49.5 Å². The molecular weight excluding hydrogens is 777 g/mol. The predicted octanol–water partition coefficient (Wildman–Crippen LogP) is 16.0. The van der Waals surface area contributed by atoms with Crippen LogP contribution in [0, 0.1) is 6.57 Å². The van der Waals surface area contributed by atoms with E-state index >= 15 is 0 Å². The Kier molecular flexibility index (Phi) is 8.84. The second-order valence-corrected chi connectivity index (χ2v) is 16.3. The zero-order chi connectivity index (χ0) is 42.6. The molecular formula is C60H36N4. The van der Waals surface area contributed by atoms with Crippen LogP contribution in [-0.2, 0) is 0 Å². The Labute approximate surface area is 371 Å². The lowest BCUT2D eigenvalue weighted by molar-refractivity contribution is 1.07. The number of aromatic nitrogens is 3. The van der Waals surface area contributed by atoms with Gasteiger partial charge in [-0.2, -0.15) is 0 Å². The number of nitrogens with zero attached hydrogens (tertiary/aromatic N) is 4. The highest BCUT2D eigenvalue weighted by Gasteiger charge is 2.24. The van der Waals surface area contributed by atoms with Gasteiger partial charge >= 0.3 is 0 Å². The number of hydrogen-bond donors (Lipinski definition) is 0. The summed E-state index contributed by atoms with van der Waals surface area (Å²) in [6.45, 7) is 8.22. The summed E-state index contributed by atoms with van der Waals surface area (Å²) in [5, 5.41) is 4.90. The highest BCUT2D eigenvalue weighted by Crippen LogP contribution is 2.51. The maximum atomic E-state index is 8.22. The molecule has 64 heavy (non-hydrogen) atoms. The first-order valence-corrected chi connectivity index (χ1v) is 21.4. The molecule has 0 fully saturated rings. The third kappa shape index (κ3) is 6.43. The molecule has 0 unspecified atom stereocenters. The fourth-order valence-corrected chi connectivity index (χ4v) is 9.31. The van der Waals surface area contributed by atoms with Gasteiger partial charge in [-0.3, -0.25) is 0 Å². The van der Waals surface area contributed by atoms with Crippen LogP contribution in [0.5, 0.6) is 0 Å². The predicted molar refractivity (Wildman–Crippen MR) is 264 cm³/mol. The lowest BCUT2D eigenvalue weighted by Crippen LogP contribution is -2.00. The van der Waals surface area contributed by atoms with E-state index < -0.39 is 0 Å². The molecule has 11 aromatic rings. The Morgan fingerprint density at radius 2 is 0.781 bits per heavy atom. The van der Waals surface area contributed by atoms with E-state index in [0.717, 1.165) is 55.5 Å². The molecule has 0 saturated heterocycles. The maximum absolute atomic E-state index is 8.22. The van der Waals surface area contributed by atoms with Crippen LogP contribution in [0.1, 0.15) is 0 Å². The van der Waals surface area contributed by atoms with Crippen molar-refractivity contribution in [2.24, 2.45) is 0 Å². The van der Waals surface area contributed by atoms with Gasteiger partial charge in [-0.1, -0.05) is 200 Å². The summed E-state index contributed by atoms with van der Waals surface area (Å²) in [5.74, 6) is 1.87. The van der Waals surface area contributed by atoms with Crippen LogP contribution in [-0.4, -0.2) is 15.0 Å². The van der Waals surface area contributed by atoms with Crippen molar-refractivity contribution in [2.45, 2.75) is 0 Å². The van der Waals surface area contributed by atoms with Crippen molar-refractivity contribution >= 4 is 27.2 Å². The van der Waals surface area contributed by atoms with E-state index in [2.05, 4.69) is 175 Å². The van der Waals surface area contributed by atoms with Crippen LogP contribution in [0.3, 0.4) is 0 Å². The second-order valence-electron chi connectivity index (χ2n) is 16.3. The summed E-state index contributed by atoms with van der Waals surface area (Å²) in [6, 6.07) is 76.3. The minimum absolute atomic E-state index is 0.612. The van der Waals surface area contributed by atoms with Gasteiger partial charge in [0.1, 0.15) is 0 Å². The molecule has 0 bridgehead atoms. The first-order valence-electron chi connectivity index (χ1n) is 21.4. The van der Waals surface area contributed by atoms with Crippen LogP contribution in [0.4, 0.5) is 5.69 Å². The van der Waals surface area contributed by atoms with Crippen molar-refractivity contribution in [1.82, 2.24) is 15.0 Å². The molecule has 10 aromatic carbocycles. The van der Waals surface area contributed by atoms with Gasteiger partial charge in [0.05, 0.1) is 6.57 Å². The minimum atomic E-state index is 0.612. The molecule has 0 N–H and O–H groups in total. The largest absolute Gasteiger partial charge is 0.237 e. The Morgan fingerprint density at radius 3 is 1.55 bits per heavy atom.